The van der Waals surface area contributed by atoms with Crippen molar-refractivity contribution in [2.45, 2.75) is 17.6 Å². The lowest BCUT2D eigenvalue weighted by Crippen LogP contribution is -2.82. The number of rotatable bonds is 2. The minimum absolute atomic E-state index is 0.0599. The number of amides is 1. The van der Waals surface area contributed by atoms with E-state index in [1.165, 1.54) is 0 Å². The van der Waals surface area contributed by atoms with Crippen molar-refractivity contribution >= 4 is 17.5 Å². The highest BCUT2D eigenvalue weighted by molar-refractivity contribution is 6.30. The summed E-state index contributed by atoms with van der Waals surface area (Å²) >= 11 is 5.97. The fourth-order valence-corrected chi connectivity index (χ4v) is 4.94. The van der Waals surface area contributed by atoms with Crippen molar-refractivity contribution in [3.05, 3.63) is 34.9 Å². The van der Waals surface area contributed by atoms with Gasteiger partial charge in [0.05, 0.1) is 44.1 Å². The number of carbonyl (C=O) groups excluding carboxylic acids is 1. The van der Waals surface area contributed by atoms with Crippen LogP contribution in [0.4, 0.5) is 0 Å². The molecule has 0 bridgehead atoms. The molecule has 4 fully saturated rings. The first-order valence-corrected chi connectivity index (χ1v) is 9.74. The molecule has 0 saturated carbocycles. The van der Waals surface area contributed by atoms with E-state index in [2.05, 4.69) is 9.80 Å². The summed E-state index contributed by atoms with van der Waals surface area (Å²) in [6.07, 6.45) is 0. The van der Waals surface area contributed by atoms with Gasteiger partial charge in [0.2, 0.25) is 0 Å². The Balaban J connectivity index is 1.36. The van der Waals surface area contributed by atoms with E-state index in [-0.39, 0.29) is 17.5 Å². The Hall–Kier alpha value is -1.18. The maximum Gasteiger partial charge on any atom is 0.253 e. The van der Waals surface area contributed by atoms with Crippen LogP contribution in [0.25, 0.3) is 0 Å². The van der Waals surface area contributed by atoms with Gasteiger partial charge < -0.3 is 14.4 Å². The Morgan fingerprint density at radius 3 is 2.46 bits per heavy atom. The molecule has 5 rings (SSSR count). The molecule has 4 heterocycles. The second kappa shape index (κ2) is 6.46. The average molecular weight is 378 g/mol. The molecule has 6 nitrogen and oxygen atoms in total. The highest BCUT2D eigenvalue weighted by Crippen LogP contribution is 2.38. The number of hydrogen-bond donors (Lipinski definition) is 0. The second-order valence-electron chi connectivity index (χ2n) is 7.94. The lowest BCUT2D eigenvalue weighted by molar-refractivity contribution is -0.191. The third-order valence-corrected chi connectivity index (χ3v) is 6.52. The van der Waals surface area contributed by atoms with Crippen molar-refractivity contribution in [2.24, 2.45) is 0 Å². The van der Waals surface area contributed by atoms with E-state index in [0.717, 1.165) is 52.5 Å². The standard InChI is InChI=1S/C19H24ClN3O3/c20-15-3-1-14(2-4-15)18(24)21-7-16-8-25-6-5-23(16)19(11-21)12-22(13-19)17-9-26-10-17/h1-4,16-17H,5-13H2/t16-/m1/s1. The molecule has 1 amide bonds. The molecule has 26 heavy (non-hydrogen) atoms. The molecule has 140 valence electrons. The lowest BCUT2D eigenvalue weighted by atomic mass is 9.81. The van der Waals surface area contributed by atoms with Gasteiger partial charge in [-0.2, -0.15) is 0 Å². The first-order chi connectivity index (χ1) is 12.6. The minimum Gasteiger partial charge on any atom is -0.378 e. The molecule has 1 aromatic rings. The lowest BCUT2D eigenvalue weighted by Gasteiger charge is -2.65. The molecule has 4 aliphatic rings. The Kier molecular flexibility index (Phi) is 4.21. The Morgan fingerprint density at radius 1 is 1.04 bits per heavy atom. The molecule has 1 spiro atoms. The fourth-order valence-electron chi connectivity index (χ4n) is 4.81. The Morgan fingerprint density at radius 2 is 1.77 bits per heavy atom. The number of piperazine rings is 1. The van der Waals surface area contributed by atoms with Gasteiger partial charge in [-0.05, 0) is 24.3 Å². The van der Waals surface area contributed by atoms with Gasteiger partial charge in [-0.15, -0.1) is 0 Å². The Labute approximate surface area is 158 Å². The van der Waals surface area contributed by atoms with Crippen LogP contribution in [0.3, 0.4) is 0 Å². The van der Waals surface area contributed by atoms with Crippen LogP contribution < -0.4 is 0 Å². The molecular weight excluding hydrogens is 354 g/mol. The van der Waals surface area contributed by atoms with E-state index in [1.54, 1.807) is 12.1 Å². The highest BCUT2D eigenvalue weighted by atomic mass is 35.5. The monoisotopic (exact) mass is 377 g/mol. The first kappa shape index (κ1) is 17.0. The quantitative estimate of drug-likeness (QED) is 0.768. The molecule has 0 radical (unpaired) electrons. The second-order valence-corrected chi connectivity index (χ2v) is 8.37. The number of morpholine rings is 1. The van der Waals surface area contributed by atoms with Crippen molar-refractivity contribution in [2.75, 3.05) is 59.2 Å². The number of fused-ring (bicyclic) bond motifs is 2. The minimum atomic E-state index is 0.0599. The van der Waals surface area contributed by atoms with Crippen LogP contribution in [0.15, 0.2) is 24.3 Å². The number of hydrogen-bond acceptors (Lipinski definition) is 5. The van der Waals surface area contributed by atoms with Crippen LogP contribution in [-0.2, 0) is 9.47 Å². The summed E-state index contributed by atoms with van der Waals surface area (Å²) in [5.41, 5.74) is 0.767. The maximum atomic E-state index is 13.1. The molecule has 1 atom stereocenters. The molecule has 4 saturated heterocycles. The number of likely N-dealkylation sites (tertiary alicyclic amines) is 1. The van der Waals surface area contributed by atoms with Gasteiger partial charge in [0.25, 0.3) is 5.91 Å². The van der Waals surface area contributed by atoms with Crippen LogP contribution in [0, 0.1) is 0 Å². The van der Waals surface area contributed by atoms with E-state index in [9.17, 15) is 4.79 Å². The van der Waals surface area contributed by atoms with Crippen molar-refractivity contribution < 1.29 is 14.3 Å². The number of ether oxygens (including phenoxy) is 2. The summed E-state index contributed by atoms with van der Waals surface area (Å²) in [6, 6.07) is 8.05. The van der Waals surface area contributed by atoms with Gasteiger partial charge in [0, 0.05) is 43.3 Å². The van der Waals surface area contributed by atoms with Crippen LogP contribution in [-0.4, -0.2) is 97.4 Å². The van der Waals surface area contributed by atoms with Crippen molar-refractivity contribution in [1.29, 1.82) is 0 Å². The molecule has 7 heteroatoms. The zero-order valence-corrected chi connectivity index (χ0v) is 15.5. The normalized spacial score (nSPS) is 29.1. The Bertz CT molecular complexity index is 688. The number of halogens is 1. The summed E-state index contributed by atoms with van der Waals surface area (Å²) in [4.78, 5) is 20.2. The largest absolute Gasteiger partial charge is 0.378 e. The highest BCUT2D eigenvalue weighted by Gasteiger charge is 2.56. The summed E-state index contributed by atoms with van der Waals surface area (Å²) in [7, 11) is 0. The van der Waals surface area contributed by atoms with Crippen LogP contribution in [0.2, 0.25) is 5.02 Å². The predicted octanol–water partition coefficient (Wildman–Crippen LogP) is 0.950. The number of nitrogens with zero attached hydrogens (tertiary/aromatic N) is 3. The summed E-state index contributed by atoms with van der Waals surface area (Å²) < 4.78 is 11.1. The van der Waals surface area contributed by atoms with Gasteiger partial charge in [-0.25, -0.2) is 0 Å². The summed E-state index contributed by atoms with van der Waals surface area (Å²) in [6.45, 7) is 7.69. The van der Waals surface area contributed by atoms with Gasteiger partial charge in [-0.3, -0.25) is 14.6 Å². The van der Waals surface area contributed by atoms with Crippen molar-refractivity contribution in [3.8, 4) is 0 Å². The van der Waals surface area contributed by atoms with Crippen molar-refractivity contribution in [3.63, 3.8) is 0 Å². The molecular formula is C19H24ClN3O3. The van der Waals surface area contributed by atoms with Gasteiger partial charge in [0.1, 0.15) is 0 Å². The molecule has 0 aromatic heterocycles. The van der Waals surface area contributed by atoms with Gasteiger partial charge >= 0.3 is 0 Å². The molecule has 4 aliphatic heterocycles. The molecule has 0 N–H and O–H groups in total. The SMILES string of the molecule is O=C(c1ccc(Cl)cc1)N1C[C@@H]2COCCN2C2(C1)CN(C1COC1)C2. The van der Waals surface area contributed by atoms with E-state index >= 15 is 0 Å². The topological polar surface area (TPSA) is 45.2 Å². The smallest absolute Gasteiger partial charge is 0.253 e. The molecule has 0 unspecified atom stereocenters. The summed E-state index contributed by atoms with van der Waals surface area (Å²) in [5, 5.41) is 0.654. The van der Waals surface area contributed by atoms with E-state index in [0.29, 0.717) is 23.2 Å². The van der Waals surface area contributed by atoms with E-state index < -0.39 is 0 Å². The summed E-state index contributed by atoms with van der Waals surface area (Å²) in [5.74, 6) is 0.0942. The zero-order valence-electron chi connectivity index (χ0n) is 14.8. The third-order valence-electron chi connectivity index (χ3n) is 6.26. The van der Waals surface area contributed by atoms with E-state index in [1.807, 2.05) is 17.0 Å². The van der Waals surface area contributed by atoms with Crippen LogP contribution >= 0.6 is 11.6 Å². The first-order valence-electron chi connectivity index (χ1n) is 9.36. The fraction of sp³-hybridized carbons (Fsp3) is 0.632. The van der Waals surface area contributed by atoms with E-state index in [4.69, 9.17) is 21.1 Å². The van der Waals surface area contributed by atoms with Crippen molar-refractivity contribution in [1.82, 2.24) is 14.7 Å². The average Bonchev–Trinajstić information content (AvgIpc) is 2.58. The van der Waals surface area contributed by atoms with Gasteiger partial charge in [-0.1, -0.05) is 11.6 Å². The number of benzene rings is 1. The molecule has 0 aliphatic carbocycles. The van der Waals surface area contributed by atoms with Crippen LogP contribution in [0.1, 0.15) is 10.4 Å². The van der Waals surface area contributed by atoms with Crippen LogP contribution in [0.5, 0.6) is 0 Å². The zero-order chi connectivity index (χ0) is 17.7. The number of carbonyl (C=O) groups is 1. The predicted molar refractivity (Wildman–Crippen MR) is 97.6 cm³/mol. The van der Waals surface area contributed by atoms with Gasteiger partial charge in [0.15, 0.2) is 0 Å². The molecule has 1 aromatic carbocycles. The maximum absolute atomic E-state index is 13.1. The third kappa shape index (κ3) is 2.75.